The maximum Gasteiger partial charge on any atom is 0.0642 e. The third-order valence-electron chi connectivity index (χ3n) is 3.85. The maximum absolute atomic E-state index is 6.42. The molecule has 20 heavy (non-hydrogen) atoms. The van der Waals surface area contributed by atoms with Crippen molar-refractivity contribution in [1.82, 2.24) is 0 Å². The van der Waals surface area contributed by atoms with Crippen LogP contribution in [0.2, 0.25) is 5.02 Å². The molecule has 1 aromatic rings. The summed E-state index contributed by atoms with van der Waals surface area (Å²) in [5, 5.41) is 0.817. The fraction of sp³-hybridized carbons (Fsp3) is 0.625. The van der Waals surface area contributed by atoms with Crippen molar-refractivity contribution < 1.29 is 4.74 Å². The Labute approximate surface area is 127 Å². The first-order valence-electron chi connectivity index (χ1n) is 7.39. The van der Waals surface area contributed by atoms with Gasteiger partial charge >= 0.3 is 0 Å². The van der Waals surface area contributed by atoms with Crippen molar-refractivity contribution in [3.05, 3.63) is 28.8 Å². The summed E-state index contributed by atoms with van der Waals surface area (Å²) in [6, 6.07) is 6.45. The number of hydrogen-bond donors (Lipinski definition) is 1. The van der Waals surface area contributed by atoms with Crippen molar-refractivity contribution in [2.24, 2.45) is 11.7 Å². The van der Waals surface area contributed by atoms with Gasteiger partial charge in [-0.25, -0.2) is 0 Å². The Morgan fingerprint density at radius 1 is 1.40 bits per heavy atom. The van der Waals surface area contributed by atoms with Gasteiger partial charge < -0.3 is 15.4 Å². The summed E-state index contributed by atoms with van der Waals surface area (Å²) >= 11 is 6.42. The second kappa shape index (κ2) is 7.30. The smallest absolute Gasteiger partial charge is 0.0642 e. The Bertz CT molecular complexity index is 430. The third-order valence-corrected chi connectivity index (χ3v) is 4.16. The second-order valence-electron chi connectivity index (χ2n) is 5.90. The van der Waals surface area contributed by atoms with Gasteiger partial charge in [0.15, 0.2) is 0 Å². The lowest BCUT2D eigenvalue weighted by Crippen LogP contribution is -2.29. The fourth-order valence-corrected chi connectivity index (χ4v) is 3.12. The highest BCUT2D eigenvalue weighted by Crippen LogP contribution is 2.28. The van der Waals surface area contributed by atoms with Crippen LogP contribution in [0.15, 0.2) is 18.2 Å². The van der Waals surface area contributed by atoms with Crippen LogP contribution >= 0.6 is 11.6 Å². The van der Waals surface area contributed by atoms with Crippen LogP contribution in [0, 0.1) is 5.92 Å². The van der Waals surface area contributed by atoms with E-state index in [0.717, 1.165) is 49.7 Å². The van der Waals surface area contributed by atoms with Crippen LogP contribution in [-0.4, -0.2) is 32.8 Å². The van der Waals surface area contributed by atoms with Gasteiger partial charge in [-0.2, -0.15) is 0 Å². The Morgan fingerprint density at radius 2 is 2.10 bits per heavy atom. The Hall–Kier alpha value is -0.770. The average Bonchev–Trinajstić information content (AvgIpc) is 2.39. The number of ether oxygens (including phenoxy) is 1. The summed E-state index contributed by atoms with van der Waals surface area (Å²) in [6.45, 7) is 4.83. The van der Waals surface area contributed by atoms with E-state index in [-0.39, 0.29) is 6.04 Å². The molecule has 3 nitrogen and oxygen atoms in total. The fourth-order valence-electron chi connectivity index (χ4n) is 2.77. The first-order chi connectivity index (χ1) is 9.56. The van der Waals surface area contributed by atoms with E-state index in [1.807, 2.05) is 13.0 Å². The zero-order valence-corrected chi connectivity index (χ0v) is 13.2. The van der Waals surface area contributed by atoms with Gasteiger partial charge in [0.05, 0.1) is 10.7 Å². The molecule has 1 aliphatic rings. The molecule has 0 aliphatic carbocycles. The van der Waals surface area contributed by atoms with Crippen LogP contribution in [0.1, 0.15) is 25.3 Å². The molecule has 4 heteroatoms. The molecule has 0 aromatic heterocycles. The SMILES string of the molecule is CC(N)Cc1ccc(N(C)CC2CCOCC2)c(Cl)c1. The minimum Gasteiger partial charge on any atom is -0.381 e. The average molecular weight is 297 g/mol. The molecule has 1 unspecified atom stereocenters. The van der Waals surface area contributed by atoms with Gasteiger partial charge in [-0.1, -0.05) is 17.7 Å². The molecule has 1 heterocycles. The first kappa shape index (κ1) is 15.6. The third kappa shape index (κ3) is 4.37. The molecule has 1 atom stereocenters. The monoisotopic (exact) mass is 296 g/mol. The lowest BCUT2D eigenvalue weighted by Gasteiger charge is -2.29. The minimum absolute atomic E-state index is 0.164. The number of hydrogen-bond acceptors (Lipinski definition) is 3. The quantitative estimate of drug-likeness (QED) is 0.907. The van der Waals surface area contributed by atoms with Gasteiger partial charge in [0.2, 0.25) is 0 Å². The van der Waals surface area contributed by atoms with Crippen molar-refractivity contribution >= 4 is 17.3 Å². The summed E-state index contributed by atoms with van der Waals surface area (Å²) in [7, 11) is 2.11. The zero-order chi connectivity index (χ0) is 14.5. The minimum atomic E-state index is 0.164. The summed E-state index contributed by atoms with van der Waals surface area (Å²) in [5.74, 6) is 0.702. The van der Waals surface area contributed by atoms with E-state index in [2.05, 4.69) is 24.1 Å². The van der Waals surface area contributed by atoms with Gasteiger partial charge in [-0.3, -0.25) is 0 Å². The van der Waals surface area contributed by atoms with E-state index in [1.165, 1.54) is 5.56 Å². The van der Waals surface area contributed by atoms with Gasteiger partial charge in [0.1, 0.15) is 0 Å². The summed E-state index contributed by atoms with van der Waals surface area (Å²) in [4.78, 5) is 2.26. The first-order valence-corrected chi connectivity index (χ1v) is 7.77. The summed E-state index contributed by atoms with van der Waals surface area (Å²) in [5.41, 5.74) is 8.14. The molecule has 0 bridgehead atoms. The summed E-state index contributed by atoms with van der Waals surface area (Å²) in [6.07, 6.45) is 3.15. The predicted molar refractivity (Wildman–Crippen MR) is 85.6 cm³/mol. The molecule has 112 valence electrons. The molecular formula is C16H25ClN2O. The van der Waals surface area contributed by atoms with E-state index < -0.39 is 0 Å². The predicted octanol–water partition coefficient (Wildman–Crippen LogP) is 3.09. The number of nitrogens with zero attached hydrogens (tertiary/aromatic N) is 1. The van der Waals surface area contributed by atoms with Crippen molar-refractivity contribution in [1.29, 1.82) is 0 Å². The van der Waals surface area contributed by atoms with Crippen LogP contribution in [0.3, 0.4) is 0 Å². The highest BCUT2D eigenvalue weighted by molar-refractivity contribution is 6.33. The van der Waals surface area contributed by atoms with Crippen LogP contribution in [0.5, 0.6) is 0 Å². The number of anilines is 1. The maximum atomic E-state index is 6.42. The van der Waals surface area contributed by atoms with Crippen molar-refractivity contribution in [2.75, 3.05) is 31.7 Å². The number of rotatable bonds is 5. The van der Waals surface area contributed by atoms with E-state index in [4.69, 9.17) is 22.1 Å². The normalized spacial score (nSPS) is 18.0. The van der Waals surface area contributed by atoms with Crippen LogP contribution in [0.25, 0.3) is 0 Å². The molecule has 2 N–H and O–H groups in total. The molecular weight excluding hydrogens is 272 g/mol. The van der Waals surface area contributed by atoms with Crippen LogP contribution in [-0.2, 0) is 11.2 Å². The molecule has 1 fully saturated rings. The summed E-state index contributed by atoms with van der Waals surface area (Å²) < 4.78 is 5.41. The molecule has 0 radical (unpaired) electrons. The van der Waals surface area contributed by atoms with Crippen molar-refractivity contribution in [2.45, 2.75) is 32.2 Å². The van der Waals surface area contributed by atoms with Crippen LogP contribution < -0.4 is 10.6 Å². The highest BCUT2D eigenvalue weighted by Gasteiger charge is 2.17. The number of halogens is 1. The number of nitrogens with two attached hydrogens (primary N) is 1. The molecule has 1 aliphatic heterocycles. The largest absolute Gasteiger partial charge is 0.381 e. The lowest BCUT2D eigenvalue weighted by molar-refractivity contribution is 0.0685. The van der Waals surface area contributed by atoms with Gasteiger partial charge in [-0.15, -0.1) is 0 Å². The van der Waals surface area contributed by atoms with Crippen molar-refractivity contribution in [3.63, 3.8) is 0 Å². The zero-order valence-electron chi connectivity index (χ0n) is 12.4. The van der Waals surface area contributed by atoms with Gasteiger partial charge in [0, 0.05) is 32.8 Å². The Balaban J connectivity index is 2.00. The molecule has 2 rings (SSSR count). The van der Waals surface area contributed by atoms with Crippen molar-refractivity contribution in [3.8, 4) is 0 Å². The van der Waals surface area contributed by atoms with E-state index in [0.29, 0.717) is 5.92 Å². The molecule has 0 amide bonds. The molecule has 1 aromatic carbocycles. The molecule has 1 saturated heterocycles. The Morgan fingerprint density at radius 3 is 2.70 bits per heavy atom. The lowest BCUT2D eigenvalue weighted by atomic mass is 9.99. The second-order valence-corrected chi connectivity index (χ2v) is 6.31. The van der Waals surface area contributed by atoms with E-state index in [9.17, 15) is 0 Å². The molecule has 0 spiro atoms. The van der Waals surface area contributed by atoms with E-state index in [1.54, 1.807) is 0 Å². The van der Waals surface area contributed by atoms with Gasteiger partial charge in [-0.05, 0) is 49.8 Å². The number of benzene rings is 1. The molecule has 0 saturated carbocycles. The Kier molecular flexibility index (Phi) is 5.70. The highest BCUT2D eigenvalue weighted by atomic mass is 35.5. The van der Waals surface area contributed by atoms with Crippen LogP contribution in [0.4, 0.5) is 5.69 Å². The van der Waals surface area contributed by atoms with Gasteiger partial charge in [0.25, 0.3) is 0 Å². The topological polar surface area (TPSA) is 38.5 Å². The van der Waals surface area contributed by atoms with E-state index >= 15 is 0 Å². The standard InChI is InChI=1S/C16H25ClN2O/c1-12(18)9-14-3-4-16(15(17)10-14)19(2)11-13-5-7-20-8-6-13/h3-4,10,12-13H,5-9,11,18H2,1-2H3.